The minimum Gasteiger partial charge on any atom is -0.396 e. The first-order valence-corrected chi connectivity index (χ1v) is 8.80. The average Bonchev–Trinajstić information content (AvgIpc) is 2.47. The Labute approximate surface area is 125 Å². The number of aliphatic hydroxyl groups excluding tert-OH is 1. The fraction of sp³-hybridized carbons (Fsp3) is 0.533. The first-order valence-electron chi connectivity index (χ1n) is 7.14. The second kappa shape index (κ2) is 7.03. The van der Waals surface area contributed by atoms with Gasteiger partial charge in [0.25, 0.3) is 0 Å². The Morgan fingerprint density at radius 2 is 2.00 bits per heavy atom. The molecular weight excluding hydrogens is 288 g/mol. The van der Waals surface area contributed by atoms with Crippen LogP contribution in [0.2, 0.25) is 0 Å². The van der Waals surface area contributed by atoms with Crippen molar-refractivity contribution in [1.29, 1.82) is 5.26 Å². The topological polar surface area (TPSA) is 90.2 Å². The monoisotopic (exact) mass is 308 g/mol. The van der Waals surface area contributed by atoms with Gasteiger partial charge in [0.05, 0.1) is 17.4 Å². The van der Waals surface area contributed by atoms with Crippen LogP contribution in [0, 0.1) is 17.2 Å². The first kappa shape index (κ1) is 16.0. The van der Waals surface area contributed by atoms with Gasteiger partial charge >= 0.3 is 0 Å². The van der Waals surface area contributed by atoms with Crippen molar-refractivity contribution in [3.05, 3.63) is 35.4 Å². The zero-order valence-electron chi connectivity index (χ0n) is 11.8. The van der Waals surface area contributed by atoms with Crippen LogP contribution >= 0.6 is 0 Å². The van der Waals surface area contributed by atoms with Crippen molar-refractivity contribution >= 4 is 10.0 Å². The van der Waals surface area contributed by atoms with Crippen molar-refractivity contribution in [3.63, 3.8) is 0 Å². The number of sulfonamides is 1. The lowest BCUT2D eigenvalue weighted by Crippen LogP contribution is -2.43. The molecule has 2 N–H and O–H groups in total. The Bertz CT molecular complexity index is 622. The molecular formula is C15H20N2O3S. The van der Waals surface area contributed by atoms with Gasteiger partial charge in [-0.2, -0.15) is 5.26 Å². The summed E-state index contributed by atoms with van der Waals surface area (Å²) in [6, 6.07) is 8.51. The third-order valence-electron chi connectivity index (χ3n) is 3.96. The van der Waals surface area contributed by atoms with E-state index < -0.39 is 10.0 Å². The zero-order chi connectivity index (χ0) is 15.3. The SMILES string of the molecule is N#Cc1ccccc1CS(=O)(=O)NC1CCCCC1CO. The number of benzene rings is 1. The fourth-order valence-electron chi connectivity index (χ4n) is 2.81. The summed E-state index contributed by atoms with van der Waals surface area (Å²) in [6.07, 6.45) is 3.60. The third kappa shape index (κ3) is 4.27. The standard InChI is InChI=1S/C15H20N2O3S/c16-9-12-5-1-2-7-14(12)11-21(19,20)17-15-8-4-3-6-13(15)10-18/h1-2,5,7,13,15,17-18H,3-4,6,8,10-11H2. The van der Waals surface area contributed by atoms with E-state index in [1.165, 1.54) is 0 Å². The highest BCUT2D eigenvalue weighted by molar-refractivity contribution is 7.88. The van der Waals surface area contributed by atoms with Gasteiger partial charge in [0.2, 0.25) is 10.0 Å². The summed E-state index contributed by atoms with van der Waals surface area (Å²) in [4.78, 5) is 0. The summed E-state index contributed by atoms with van der Waals surface area (Å²) in [7, 11) is -3.52. The van der Waals surface area contributed by atoms with Crippen molar-refractivity contribution < 1.29 is 13.5 Å². The molecule has 0 spiro atoms. The molecule has 21 heavy (non-hydrogen) atoms. The van der Waals surface area contributed by atoms with Gasteiger partial charge in [-0.05, 0) is 30.4 Å². The van der Waals surface area contributed by atoms with Crippen molar-refractivity contribution in [2.45, 2.75) is 37.5 Å². The molecule has 2 unspecified atom stereocenters. The Kier molecular flexibility index (Phi) is 5.34. The molecule has 0 aliphatic heterocycles. The van der Waals surface area contributed by atoms with Gasteiger partial charge in [-0.3, -0.25) is 0 Å². The van der Waals surface area contributed by atoms with Crippen LogP contribution in [0.3, 0.4) is 0 Å². The van der Waals surface area contributed by atoms with Gasteiger partial charge in [0.1, 0.15) is 0 Å². The predicted octanol–water partition coefficient (Wildman–Crippen LogP) is 1.53. The molecule has 1 fully saturated rings. The summed E-state index contributed by atoms with van der Waals surface area (Å²) in [5, 5.41) is 18.4. The van der Waals surface area contributed by atoms with E-state index in [0.29, 0.717) is 11.1 Å². The Morgan fingerprint density at radius 3 is 2.71 bits per heavy atom. The highest BCUT2D eigenvalue weighted by Gasteiger charge is 2.28. The van der Waals surface area contributed by atoms with Crippen LogP contribution in [0.25, 0.3) is 0 Å². The lowest BCUT2D eigenvalue weighted by Gasteiger charge is -2.30. The van der Waals surface area contributed by atoms with Gasteiger partial charge in [-0.25, -0.2) is 13.1 Å². The molecule has 1 aromatic carbocycles. The Hall–Kier alpha value is -1.42. The molecule has 0 aromatic heterocycles. The number of aliphatic hydroxyl groups is 1. The van der Waals surface area contributed by atoms with E-state index in [0.717, 1.165) is 25.7 Å². The molecule has 1 aromatic rings. The smallest absolute Gasteiger partial charge is 0.216 e. The normalized spacial score (nSPS) is 22.7. The van der Waals surface area contributed by atoms with E-state index >= 15 is 0 Å². The Balaban J connectivity index is 2.10. The molecule has 6 heteroatoms. The van der Waals surface area contributed by atoms with E-state index in [1.807, 2.05) is 6.07 Å². The first-order chi connectivity index (χ1) is 10.1. The van der Waals surface area contributed by atoms with Gasteiger partial charge in [-0.15, -0.1) is 0 Å². The number of nitrogens with one attached hydrogen (secondary N) is 1. The summed E-state index contributed by atoms with van der Waals surface area (Å²) in [5.41, 5.74) is 0.883. The van der Waals surface area contributed by atoms with Crippen molar-refractivity contribution in [3.8, 4) is 6.07 Å². The number of hydrogen-bond acceptors (Lipinski definition) is 4. The number of nitriles is 1. The molecule has 0 radical (unpaired) electrons. The number of nitrogens with zero attached hydrogens (tertiary/aromatic N) is 1. The maximum absolute atomic E-state index is 12.3. The van der Waals surface area contributed by atoms with E-state index in [1.54, 1.807) is 24.3 Å². The second-order valence-corrected chi connectivity index (χ2v) is 7.23. The van der Waals surface area contributed by atoms with Crippen molar-refractivity contribution in [2.75, 3.05) is 6.61 Å². The third-order valence-corrected chi connectivity index (χ3v) is 5.31. The van der Waals surface area contributed by atoms with Gasteiger partial charge in [0, 0.05) is 12.6 Å². The molecule has 5 nitrogen and oxygen atoms in total. The van der Waals surface area contributed by atoms with Crippen LogP contribution in [-0.2, 0) is 15.8 Å². The summed E-state index contributed by atoms with van der Waals surface area (Å²) < 4.78 is 27.3. The van der Waals surface area contributed by atoms with Crippen LogP contribution in [0.4, 0.5) is 0 Å². The summed E-state index contributed by atoms with van der Waals surface area (Å²) in [6.45, 7) is 0.00195. The molecule has 1 aliphatic rings. The fourth-order valence-corrected chi connectivity index (χ4v) is 4.33. The maximum atomic E-state index is 12.3. The minimum absolute atomic E-state index is 0.00195. The largest absolute Gasteiger partial charge is 0.396 e. The molecule has 2 rings (SSSR count). The summed E-state index contributed by atoms with van der Waals surface area (Å²) >= 11 is 0. The van der Waals surface area contributed by atoms with Crippen molar-refractivity contribution in [1.82, 2.24) is 4.72 Å². The van der Waals surface area contributed by atoms with Crippen LogP contribution in [-0.4, -0.2) is 26.2 Å². The molecule has 114 valence electrons. The lowest BCUT2D eigenvalue weighted by molar-refractivity contribution is 0.164. The molecule has 0 heterocycles. The molecule has 1 saturated carbocycles. The van der Waals surface area contributed by atoms with Crippen LogP contribution < -0.4 is 4.72 Å². The number of hydrogen-bond donors (Lipinski definition) is 2. The number of rotatable bonds is 5. The quantitative estimate of drug-likeness (QED) is 0.863. The van der Waals surface area contributed by atoms with Gasteiger partial charge in [0.15, 0.2) is 0 Å². The highest BCUT2D eigenvalue weighted by Crippen LogP contribution is 2.25. The lowest BCUT2D eigenvalue weighted by atomic mass is 9.86. The molecule has 1 aliphatic carbocycles. The molecule has 0 amide bonds. The molecule has 0 saturated heterocycles. The predicted molar refractivity (Wildman–Crippen MR) is 79.7 cm³/mol. The zero-order valence-corrected chi connectivity index (χ0v) is 12.6. The molecule has 2 atom stereocenters. The van der Waals surface area contributed by atoms with Crippen LogP contribution in [0.1, 0.15) is 36.8 Å². The van der Waals surface area contributed by atoms with Crippen LogP contribution in [0.15, 0.2) is 24.3 Å². The summed E-state index contributed by atoms with van der Waals surface area (Å²) in [5.74, 6) is -0.217. The average molecular weight is 308 g/mol. The van der Waals surface area contributed by atoms with E-state index in [9.17, 15) is 13.5 Å². The van der Waals surface area contributed by atoms with Crippen molar-refractivity contribution in [2.24, 2.45) is 5.92 Å². The van der Waals surface area contributed by atoms with Crippen LogP contribution in [0.5, 0.6) is 0 Å². The maximum Gasteiger partial charge on any atom is 0.216 e. The molecule has 0 bridgehead atoms. The Morgan fingerprint density at radius 1 is 1.29 bits per heavy atom. The van der Waals surface area contributed by atoms with E-state index in [4.69, 9.17) is 5.26 Å². The van der Waals surface area contributed by atoms with Gasteiger partial charge < -0.3 is 5.11 Å². The van der Waals surface area contributed by atoms with E-state index in [-0.39, 0.29) is 24.3 Å². The second-order valence-electron chi connectivity index (χ2n) is 5.48. The highest BCUT2D eigenvalue weighted by atomic mass is 32.2. The minimum atomic E-state index is -3.52. The van der Waals surface area contributed by atoms with Gasteiger partial charge in [-0.1, -0.05) is 31.0 Å². The van der Waals surface area contributed by atoms with E-state index in [2.05, 4.69) is 4.72 Å².